The molecule has 0 bridgehead atoms. The first kappa shape index (κ1) is 15.6. The molecule has 0 atom stereocenters. The number of hydrogen-bond donors (Lipinski definition) is 1. The lowest BCUT2D eigenvalue weighted by Crippen LogP contribution is -2.12. The van der Waals surface area contributed by atoms with Gasteiger partial charge in [-0.15, -0.1) is 0 Å². The Morgan fingerprint density at radius 1 is 1.10 bits per heavy atom. The minimum Gasteiger partial charge on any atom is -0.457 e. The molecule has 2 rings (SSSR count). The van der Waals surface area contributed by atoms with Crippen LogP contribution in [0.4, 0.5) is 0 Å². The Hall–Kier alpha value is -0.740. The Labute approximate surface area is 137 Å². The van der Waals surface area contributed by atoms with Crippen molar-refractivity contribution in [3.63, 3.8) is 0 Å². The van der Waals surface area contributed by atoms with E-state index < -0.39 is 0 Å². The van der Waals surface area contributed by atoms with Crippen LogP contribution >= 0.6 is 39.1 Å². The Kier molecular flexibility index (Phi) is 5.73. The lowest BCUT2D eigenvalue weighted by molar-refractivity contribution is 0.473. The monoisotopic (exact) mass is 373 g/mol. The summed E-state index contributed by atoms with van der Waals surface area (Å²) in [6, 6.07) is 11.2. The minimum absolute atomic E-state index is 0.479. The fourth-order valence-corrected chi connectivity index (χ4v) is 2.32. The molecular weight excluding hydrogens is 361 g/mol. The SMILES string of the molecule is CCNCc1ccc(Br)cc1Oc1ccc(Cl)c(Cl)c1. The average Bonchev–Trinajstić information content (AvgIpc) is 2.42. The molecule has 0 aliphatic heterocycles. The second kappa shape index (κ2) is 7.32. The quantitative estimate of drug-likeness (QED) is 0.729. The van der Waals surface area contributed by atoms with Crippen molar-refractivity contribution in [3.05, 3.63) is 56.5 Å². The summed E-state index contributed by atoms with van der Waals surface area (Å²) in [5.41, 5.74) is 1.08. The van der Waals surface area contributed by atoms with Gasteiger partial charge in [0, 0.05) is 22.6 Å². The Balaban J connectivity index is 2.26. The van der Waals surface area contributed by atoms with Crippen molar-refractivity contribution in [2.75, 3.05) is 6.54 Å². The average molecular weight is 375 g/mol. The van der Waals surface area contributed by atoms with Gasteiger partial charge in [0.15, 0.2) is 0 Å². The van der Waals surface area contributed by atoms with Gasteiger partial charge in [0.1, 0.15) is 11.5 Å². The molecule has 0 fully saturated rings. The molecule has 20 heavy (non-hydrogen) atoms. The van der Waals surface area contributed by atoms with Crippen molar-refractivity contribution in [2.45, 2.75) is 13.5 Å². The van der Waals surface area contributed by atoms with E-state index in [4.69, 9.17) is 27.9 Å². The Bertz CT molecular complexity index is 604. The van der Waals surface area contributed by atoms with Gasteiger partial charge in [0.25, 0.3) is 0 Å². The van der Waals surface area contributed by atoms with Gasteiger partial charge < -0.3 is 10.1 Å². The van der Waals surface area contributed by atoms with Crippen LogP contribution in [-0.2, 0) is 6.54 Å². The molecular formula is C15H14BrCl2NO. The summed E-state index contributed by atoms with van der Waals surface area (Å²) >= 11 is 15.4. The summed E-state index contributed by atoms with van der Waals surface area (Å²) in [4.78, 5) is 0. The zero-order chi connectivity index (χ0) is 14.5. The van der Waals surface area contributed by atoms with E-state index in [1.807, 2.05) is 18.2 Å². The van der Waals surface area contributed by atoms with Crippen molar-refractivity contribution >= 4 is 39.1 Å². The summed E-state index contributed by atoms with van der Waals surface area (Å²) in [5, 5.41) is 4.28. The molecule has 0 saturated heterocycles. The van der Waals surface area contributed by atoms with Crippen molar-refractivity contribution in [3.8, 4) is 11.5 Å². The van der Waals surface area contributed by atoms with E-state index in [-0.39, 0.29) is 0 Å². The highest BCUT2D eigenvalue weighted by Crippen LogP contribution is 2.32. The number of rotatable bonds is 5. The maximum atomic E-state index is 6.00. The van der Waals surface area contributed by atoms with Crippen LogP contribution in [-0.4, -0.2) is 6.54 Å². The Morgan fingerprint density at radius 2 is 1.90 bits per heavy atom. The molecule has 0 spiro atoms. The molecule has 0 aliphatic carbocycles. The van der Waals surface area contributed by atoms with Gasteiger partial charge in [-0.1, -0.05) is 52.1 Å². The maximum Gasteiger partial charge on any atom is 0.133 e. The highest BCUT2D eigenvalue weighted by atomic mass is 79.9. The number of ether oxygens (including phenoxy) is 1. The first-order valence-electron chi connectivity index (χ1n) is 6.22. The van der Waals surface area contributed by atoms with E-state index >= 15 is 0 Å². The van der Waals surface area contributed by atoms with Crippen LogP contribution in [0.3, 0.4) is 0 Å². The van der Waals surface area contributed by atoms with Gasteiger partial charge in [-0.05, 0) is 30.8 Å². The molecule has 2 nitrogen and oxygen atoms in total. The topological polar surface area (TPSA) is 21.3 Å². The first-order chi connectivity index (χ1) is 9.60. The number of halogens is 3. The van der Waals surface area contributed by atoms with Crippen LogP contribution in [0.25, 0.3) is 0 Å². The van der Waals surface area contributed by atoms with Crippen LogP contribution in [0.15, 0.2) is 40.9 Å². The van der Waals surface area contributed by atoms with Crippen LogP contribution < -0.4 is 10.1 Å². The number of nitrogens with one attached hydrogen (secondary N) is 1. The van der Waals surface area contributed by atoms with Crippen molar-refractivity contribution in [2.24, 2.45) is 0 Å². The van der Waals surface area contributed by atoms with Gasteiger partial charge in [-0.25, -0.2) is 0 Å². The van der Waals surface area contributed by atoms with Crippen LogP contribution in [0.5, 0.6) is 11.5 Å². The zero-order valence-corrected chi connectivity index (χ0v) is 14.0. The predicted octanol–water partition coefficient (Wildman–Crippen LogP) is 5.66. The molecule has 0 unspecified atom stereocenters. The summed E-state index contributed by atoms with van der Waals surface area (Å²) < 4.78 is 6.88. The largest absolute Gasteiger partial charge is 0.457 e. The number of hydrogen-bond acceptors (Lipinski definition) is 2. The molecule has 0 aliphatic rings. The molecule has 2 aromatic carbocycles. The van der Waals surface area contributed by atoms with Crippen molar-refractivity contribution in [1.29, 1.82) is 0 Å². The van der Waals surface area contributed by atoms with Gasteiger partial charge in [-0.3, -0.25) is 0 Å². The van der Waals surface area contributed by atoms with Crippen LogP contribution in [0.1, 0.15) is 12.5 Å². The molecule has 0 saturated carbocycles. The fourth-order valence-electron chi connectivity index (χ4n) is 1.70. The summed E-state index contributed by atoms with van der Waals surface area (Å²) in [6.07, 6.45) is 0. The first-order valence-corrected chi connectivity index (χ1v) is 7.77. The van der Waals surface area contributed by atoms with E-state index in [1.54, 1.807) is 18.2 Å². The van der Waals surface area contributed by atoms with Gasteiger partial charge in [0.2, 0.25) is 0 Å². The zero-order valence-electron chi connectivity index (χ0n) is 10.9. The standard InChI is InChI=1S/C15H14BrCl2NO/c1-2-19-9-10-3-4-11(16)7-15(10)20-12-5-6-13(17)14(18)8-12/h3-8,19H,2,9H2,1H3. The van der Waals surface area contributed by atoms with Crippen molar-refractivity contribution < 1.29 is 4.74 Å². The van der Waals surface area contributed by atoms with Gasteiger partial charge >= 0.3 is 0 Å². The molecule has 0 amide bonds. The van der Waals surface area contributed by atoms with E-state index in [9.17, 15) is 0 Å². The Morgan fingerprint density at radius 3 is 2.60 bits per heavy atom. The number of benzene rings is 2. The summed E-state index contributed by atoms with van der Waals surface area (Å²) in [5.74, 6) is 1.45. The smallest absolute Gasteiger partial charge is 0.133 e. The molecule has 1 N–H and O–H groups in total. The molecule has 0 heterocycles. The highest BCUT2D eigenvalue weighted by molar-refractivity contribution is 9.10. The van der Waals surface area contributed by atoms with Crippen molar-refractivity contribution in [1.82, 2.24) is 5.32 Å². The van der Waals surface area contributed by atoms with E-state index in [0.717, 1.165) is 28.9 Å². The van der Waals surface area contributed by atoms with Crippen LogP contribution in [0, 0.1) is 0 Å². The lowest BCUT2D eigenvalue weighted by Gasteiger charge is -2.12. The summed E-state index contributed by atoms with van der Waals surface area (Å²) in [6.45, 7) is 3.72. The minimum atomic E-state index is 0.479. The van der Waals surface area contributed by atoms with Gasteiger partial charge in [0.05, 0.1) is 10.0 Å². The lowest BCUT2D eigenvalue weighted by atomic mass is 10.2. The molecule has 2 aromatic rings. The summed E-state index contributed by atoms with van der Waals surface area (Å²) in [7, 11) is 0. The molecule has 5 heteroatoms. The maximum absolute atomic E-state index is 6.00. The third-order valence-corrected chi connectivity index (χ3v) is 3.95. The fraction of sp³-hybridized carbons (Fsp3) is 0.200. The third kappa shape index (κ3) is 4.13. The second-order valence-corrected chi connectivity index (χ2v) is 5.94. The van der Waals surface area contributed by atoms with E-state index in [1.165, 1.54) is 0 Å². The van der Waals surface area contributed by atoms with Crippen LogP contribution in [0.2, 0.25) is 10.0 Å². The third-order valence-electron chi connectivity index (χ3n) is 2.71. The second-order valence-electron chi connectivity index (χ2n) is 4.21. The predicted molar refractivity (Wildman–Crippen MR) is 88.1 cm³/mol. The van der Waals surface area contributed by atoms with E-state index in [2.05, 4.69) is 28.2 Å². The van der Waals surface area contributed by atoms with Gasteiger partial charge in [-0.2, -0.15) is 0 Å². The molecule has 0 aromatic heterocycles. The normalized spacial score (nSPS) is 10.6. The highest BCUT2D eigenvalue weighted by Gasteiger charge is 2.07. The van der Waals surface area contributed by atoms with E-state index in [0.29, 0.717) is 15.8 Å². The molecule has 106 valence electrons. The molecule has 0 radical (unpaired) electrons.